The van der Waals surface area contributed by atoms with Crippen LogP contribution >= 0.6 is 0 Å². The average Bonchev–Trinajstić information content (AvgIpc) is 2.49. The van der Waals surface area contributed by atoms with Crippen molar-refractivity contribution in [2.45, 2.75) is 45.2 Å². The Hall–Kier alpha value is -1.36. The number of aryl methyl sites for hydroxylation is 1. The first-order valence-electron chi connectivity index (χ1n) is 7.83. The second-order valence-electron chi connectivity index (χ2n) is 5.95. The van der Waals surface area contributed by atoms with Gasteiger partial charge in [-0.2, -0.15) is 0 Å². The standard InChI is InChI=1S/C15H24N4O/c1-2-8-18-10-7-17-14(15(18)20)19-9-5-13-12(11-19)4-3-6-16-13/h7,10,12-13,16H,2-6,8-9,11H2,1H3. The van der Waals surface area contributed by atoms with E-state index in [1.807, 2.05) is 0 Å². The van der Waals surface area contributed by atoms with E-state index in [-0.39, 0.29) is 5.56 Å². The third kappa shape index (κ3) is 2.59. The quantitative estimate of drug-likeness (QED) is 0.902. The van der Waals surface area contributed by atoms with Crippen molar-refractivity contribution in [3.8, 4) is 0 Å². The summed E-state index contributed by atoms with van der Waals surface area (Å²) in [5.74, 6) is 1.31. The van der Waals surface area contributed by atoms with Gasteiger partial charge in [-0.05, 0) is 38.1 Å². The van der Waals surface area contributed by atoms with Gasteiger partial charge < -0.3 is 14.8 Å². The Morgan fingerprint density at radius 1 is 1.45 bits per heavy atom. The third-order valence-electron chi connectivity index (χ3n) is 4.55. The Labute approximate surface area is 120 Å². The number of nitrogens with one attached hydrogen (secondary N) is 1. The van der Waals surface area contributed by atoms with E-state index in [2.05, 4.69) is 22.1 Å². The van der Waals surface area contributed by atoms with Crippen molar-refractivity contribution in [1.29, 1.82) is 0 Å². The zero-order valence-electron chi connectivity index (χ0n) is 12.2. The number of fused-ring (bicyclic) bond motifs is 1. The summed E-state index contributed by atoms with van der Waals surface area (Å²) in [5, 5.41) is 3.61. The predicted molar refractivity (Wildman–Crippen MR) is 80.1 cm³/mol. The van der Waals surface area contributed by atoms with E-state index in [0.29, 0.717) is 17.8 Å². The molecule has 5 nitrogen and oxygen atoms in total. The highest BCUT2D eigenvalue weighted by molar-refractivity contribution is 5.36. The minimum absolute atomic E-state index is 0.0663. The maximum atomic E-state index is 12.5. The molecule has 0 radical (unpaired) electrons. The van der Waals surface area contributed by atoms with E-state index in [0.717, 1.165) is 39.0 Å². The van der Waals surface area contributed by atoms with Crippen molar-refractivity contribution in [3.05, 3.63) is 22.7 Å². The zero-order chi connectivity index (χ0) is 13.9. The molecule has 1 aromatic rings. The fraction of sp³-hybridized carbons (Fsp3) is 0.733. The number of nitrogens with zero attached hydrogens (tertiary/aromatic N) is 3. The lowest BCUT2D eigenvalue weighted by atomic mass is 9.85. The Balaban J connectivity index is 1.79. The van der Waals surface area contributed by atoms with Gasteiger partial charge in [0.2, 0.25) is 0 Å². The normalized spacial score (nSPS) is 26.4. The highest BCUT2D eigenvalue weighted by atomic mass is 16.1. The van der Waals surface area contributed by atoms with Crippen molar-refractivity contribution in [2.24, 2.45) is 5.92 Å². The van der Waals surface area contributed by atoms with Crippen molar-refractivity contribution >= 4 is 5.82 Å². The van der Waals surface area contributed by atoms with Gasteiger partial charge in [0.15, 0.2) is 5.82 Å². The molecule has 2 aliphatic rings. The van der Waals surface area contributed by atoms with Crippen LogP contribution in [0.3, 0.4) is 0 Å². The molecule has 0 amide bonds. The summed E-state index contributed by atoms with van der Waals surface area (Å²) in [6, 6.07) is 0.640. The lowest BCUT2D eigenvalue weighted by Crippen LogP contribution is -2.53. The number of hydrogen-bond donors (Lipinski definition) is 1. The summed E-state index contributed by atoms with van der Waals surface area (Å²) in [7, 11) is 0. The van der Waals surface area contributed by atoms with Crippen LogP contribution in [0.25, 0.3) is 0 Å². The van der Waals surface area contributed by atoms with Gasteiger partial charge in [0.05, 0.1) is 0 Å². The minimum Gasteiger partial charge on any atom is -0.352 e. The van der Waals surface area contributed by atoms with Crippen molar-refractivity contribution in [2.75, 3.05) is 24.5 Å². The molecular formula is C15H24N4O. The summed E-state index contributed by atoms with van der Waals surface area (Å²) >= 11 is 0. The molecule has 0 saturated carbocycles. The molecule has 2 aliphatic heterocycles. The van der Waals surface area contributed by atoms with Gasteiger partial charge in [-0.15, -0.1) is 0 Å². The highest BCUT2D eigenvalue weighted by Gasteiger charge is 2.32. The maximum Gasteiger partial charge on any atom is 0.293 e. The van der Waals surface area contributed by atoms with Crippen molar-refractivity contribution < 1.29 is 0 Å². The predicted octanol–water partition coefficient (Wildman–Crippen LogP) is 1.23. The number of piperidine rings is 2. The number of aromatic nitrogens is 2. The zero-order valence-corrected chi connectivity index (χ0v) is 12.2. The Morgan fingerprint density at radius 3 is 3.20 bits per heavy atom. The fourth-order valence-corrected chi connectivity index (χ4v) is 3.51. The molecule has 0 aromatic carbocycles. The van der Waals surface area contributed by atoms with Gasteiger partial charge >= 0.3 is 0 Å². The first kappa shape index (κ1) is 13.6. The number of hydrogen-bond acceptors (Lipinski definition) is 4. The second kappa shape index (κ2) is 5.95. The monoisotopic (exact) mass is 276 g/mol. The van der Waals surface area contributed by atoms with Crippen LogP contribution in [0.5, 0.6) is 0 Å². The lowest BCUT2D eigenvalue weighted by molar-refractivity contribution is 0.243. The van der Waals surface area contributed by atoms with E-state index in [4.69, 9.17) is 0 Å². The van der Waals surface area contributed by atoms with Crippen LogP contribution in [0.2, 0.25) is 0 Å². The Morgan fingerprint density at radius 2 is 2.35 bits per heavy atom. The first-order chi connectivity index (χ1) is 9.79. The largest absolute Gasteiger partial charge is 0.352 e. The Kier molecular flexibility index (Phi) is 4.05. The summed E-state index contributed by atoms with van der Waals surface area (Å²) in [5.41, 5.74) is 0.0663. The molecule has 110 valence electrons. The third-order valence-corrected chi connectivity index (χ3v) is 4.55. The van der Waals surface area contributed by atoms with Crippen molar-refractivity contribution in [1.82, 2.24) is 14.9 Å². The lowest BCUT2D eigenvalue weighted by Gasteiger charge is -2.42. The molecule has 0 aliphatic carbocycles. The van der Waals surface area contributed by atoms with Crippen LogP contribution in [0, 0.1) is 5.92 Å². The van der Waals surface area contributed by atoms with Gasteiger partial charge in [-0.3, -0.25) is 4.79 Å². The summed E-state index contributed by atoms with van der Waals surface area (Å²) in [6.07, 6.45) is 8.16. The molecule has 5 heteroatoms. The van der Waals surface area contributed by atoms with Gasteiger partial charge in [0.1, 0.15) is 0 Å². The average molecular weight is 276 g/mol. The molecule has 2 atom stereocenters. The molecule has 20 heavy (non-hydrogen) atoms. The van der Waals surface area contributed by atoms with Gasteiger partial charge in [0, 0.05) is 38.1 Å². The van der Waals surface area contributed by atoms with Gasteiger partial charge in [-0.25, -0.2) is 4.98 Å². The summed E-state index contributed by atoms with van der Waals surface area (Å²) < 4.78 is 1.79. The fourth-order valence-electron chi connectivity index (χ4n) is 3.51. The van der Waals surface area contributed by atoms with E-state index < -0.39 is 0 Å². The smallest absolute Gasteiger partial charge is 0.293 e. The molecule has 1 aromatic heterocycles. The maximum absolute atomic E-state index is 12.5. The van der Waals surface area contributed by atoms with Crippen LogP contribution in [0.4, 0.5) is 5.82 Å². The van der Waals surface area contributed by atoms with Crippen LogP contribution in [-0.2, 0) is 6.54 Å². The molecule has 2 unspecified atom stereocenters. The van der Waals surface area contributed by atoms with Crippen molar-refractivity contribution in [3.63, 3.8) is 0 Å². The number of rotatable bonds is 3. The van der Waals surface area contributed by atoms with E-state index in [9.17, 15) is 4.79 Å². The SMILES string of the molecule is CCCn1ccnc(N2CCC3NCCCC3C2)c1=O. The van der Waals surface area contributed by atoms with E-state index in [1.165, 1.54) is 12.8 Å². The van der Waals surface area contributed by atoms with Crippen LogP contribution in [0.1, 0.15) is 32.6 Å². The first-order valence-corrected chi connectivity index (χ1v) is 7.83. The molecule has 2 saturated heterocycles. The molecular weight excluding hydrogens is 252 g/mol. The summed E-state index contributed by atoms with van der Waals surface area (Å²) in [4.78, 5) is 19.0. The molecule has 0 bridgehead atoms. The summed E-state index contributed by atoms with van der Waals surface area (Å²) in [6.45, 7) is 5.91. The molecule has 1 N–H and O–H groups in total. The molecule has 3 rings (SSSR count). The second-order valence-corrected chi connectivity index (χ2v) is 5.95. The van der Waals surface area contributed by atoms with Gasteiger partial charge in [-0.1, -0.05) is 6.92 Å². The molecule has 3 heterocycles. The van der Waals surface area contributed by atoms with Crippen LogP contribution in [-0.4, -0.2) is 35.2 Å². The highest BCUT2D eigenvalue weighted by Crippen LogP contribution is 2.26. The molecule has 0 spiro atoms. The minimum atomic E-state index is 0.0663. The van der Waals surface area contributed by atoms with Crippen LogP contribution in [0.15, 0.2) is 17.2 Å². The topological polar surface area (TPSA) is 50.2 Å². The Bertz CT molecular complexity index is 513. The van der Waals surface area contributed by atoms with Gasteiger partial charge in [0.25, 0.3) is 5.56 Å². The number of anilines is 1. The van der Waals surface area contributed by atoms with Crippen LogP contribution < -0.4 is 15.8 Å². The molecule has 2 fully saturated rings. The van der Waals surface area contributed by atoms with E-state index in [1.54, 1.807) is 17.0 Å². The van der Waals surface area contributed by atoms with E-state index >= 15 is 0 Å².